The van der Waals surface area contributed by atoms with Gasteiger partial charge < -0.3 is 0 Å². The third kappa shape index (κ3) is 5.26. The van der Waals surface area contributed by atoms with Crippen LogP contribution in [0.25, 0.3) is 0 Å². The summed E-state index contributed by atoms with van der Waals surface area (Å²) in [6.07, 6.45) is 13.8. The number of halogens is 1. The summed E-state index contributed by atoms with van der Waals surface area (Å²) in [6, 6.07) is 9.14. The van der Waals surface area contributed by atoms with Crippen molar-refractivity contribution >= 4 is 15.9 Å². The maximum Gasteiger partial charge on any atom is 0.0245 e. The Morgan fingerprint density at radius 3 is 2.27 bits per heavy atom. The molecule has 0 saturated heterocycles. The minimum absolute atomic E-state index is 0.593. The van der Waals surface area contributed by atoms with Crippen molar-refractivity contribution in [2.45, 2.75) is 75.5 Å². The van der Waals surface area contributed by atoms with Gasteiger partial charge >= 0.3 is 0 Å². The van der Waals surface area contributed by atoms with Gasteiger partial charge in [-0.3, -0.25) is 0 Å². The molecule has 1 atom stereocenters. The van der Waals surface area contributed by atoms with Crippen LogP contribution >= 0.6 is 15.9 Å². The van der Waals surface area contributed by atoms with Gasteiger partial charge in [-0.2, -0.15) is 0 Å². The molecule has 1 aromatic rings. The van der Waals surface area contributed by atoms with E-state index in [2.05, 4.69) is 71.6 Å². The van der Waals surface area contributed by atoms with Crippen LogP contribution in [0.4, 0.5) is 0 Å². The third-order valence-electron chi connectivity index (χ3n) is 6.61. The summed E-state index contributed by atoms with van der Waals surface area (Å²) >= 11 is 3.72. The summed E-state index contributed by atoms with van der Waals surface area (Å²) in [7, 11) is 0. The Bertz CT molecular complexity index is 616. The minimum atomic E-state index is 0.593. The van der Waals surface area contributed by atoms with E-state index in [1.165, 1.54) is 68.9 Å². The highest BCUT2D eigenvalue weighted by molar-refractivity contribution is 9.09. The number of allylic oxidation sites excluding steroid dienone is 1. The molecule has 140 valence electrons. The first kappa shape index (κ1) is 19.8. The maximum atomic E-state index is 4.03. The van der Waals surface area contributed by atoms with Crippen molar-refractivity contribution in [2.75, 3.05) is 0 Å². The molecule has 0 radical (unpaired) electrons. The summed E-state index contributed by atoms with van der Waals surface area (Å²) in [4.78, 5) is 0.717. The van der Waals surface area contributed by atoms with E-state index < -0.39 is 0 Å². The van der Waals surface area contributed by atoms with E-state index in [1.54, 1.807) is 0 Å². The molecule has 0 amide bonds. The standard InChI is InChI=1S/C25H33Br/c1-3-21(4-2)22-13-15-24(16-14-22)23-11-7-19(8-12-23)5-6-20-9-17-25(26)18-10-20/h3,7-8,11-12,20-22,24-25H,1,4,9-10,13-18H2,2H3. The lowest BCUT2D eigenvalue weighted by Gasteiger charge is -2.32. The monoisotopic (exact) mass is 412 g/mol. The predicted octanol–water partition coefficient (Wildman–Crippen LogP) is 7.48. The Kier molecular flexibility index (Phi) is 7.44. The lowest BCUT2D eigenvalue weighted by atomic mass is 9.73. The zero-order chi connectivity index (χ0) is 18.4. The quantitative estimate of drug-likeness (QED) is 0.273. The molecule has 0 nitrogen and oxygen atoms in total. The van der Waals surface area contributed by atoms with Crippen LogP contribution in [0, 0.1) is 29.6 Å². The molecule has 2 fully saturated rings. The molecule has 26 heavy (non-hydrogen) atoms. The highest BCUT2D eigenvalue weighted by Crippen LogP contribution is 2.39. The van der Waals surface area contributed by atoms with Crippen LogP contribution in [0.15, 0.2) is 36.9 Å². The molecule has 3 rings (SSSR count). The van der Waals surface area contributed by atoms with Gasteiger partial charge in [0.25, 0.3) is 0 Å². The fraction of sp³-hybridized carbons (Fsp3) is 0.600. The fourth-order valence-electron chi connectivity index (χ4n) is 4.79. The topological polar surface area (TPSA) is 0 Å². The van der Waals surface area contributed by atoms with E-state index in [-0.39, 0.29) is 0 Å². The predicted molar refractivity (Wildman–Crippen MR) is 117 cm³/mol. The number of benzene rings is 1. The molecule has 1 unspecified atom stereocenters. The van der Waals surface area contributed by atoms with Crippen LogP contribution in [-0.2, 0) is 0 Å². The summed E-state index contributed by atoms with van der Waals surface area (Å²) in [5.41, 5.74) is 2.70. The van der Waals surface area contributed by atoms with Crippen LogP contribution in [0.2, 0.25) is 0 Å². The molecule has 0 aromatic heterocycles. The number of rotatable bonds is 4. The van der Waals surface area contributed by atoms with E-state index in [0.29, 0.717) is 16.7 Å². The molecule has 0 N–H and O–H groups in total. The first-order valence-electron chi connectivity index (χ1n) is 10.6. The lowest BCUT2D eigenvalue weighted by molar-refractivity contribution is 0.261. The van der Waals surface area contributed by atoms with Gasteiger partial charge in [0.2, 0.25) is 0 Å². The van der Waals surface area contributed by atoms with E-state index in [1.807, 2.05) is 0 Å². The molecule has 0 spiro atoms. The van der Waals surface area contributed by atoms with Gasteiger partial charge in [0.15, 0.2) is 0 Å². The number of alkyl halides is 1. The Labute approximate surface area is 169 Å². The second-order valence-electron chi connectivity index (χ2n) is 8.26. The Hall–Kier alpha value is -1.00. The molecule has 2 aliphatic rings. The average molecular weight is 413 g/mol. The first-order valence-corrected chi connectivity index (χ1v) is 11.5. The second kappa shape index (κ2) is 9.80. The van der Waals surface area contributed by atoms with Crippen molar-refractivity contribution in [3.8, 4) is 11.8 Å². The smallest absolute Gasteiger partial charge is 0.0245 e. The van der Waals surface area contributed by atoms with Gasteiger partial charge in [0, 0.05) is 16.3 Å². The molecule has 2 aliphatic carbocycles. The summed E-state index contributed by atoms with van der Waals surface area (Å²) in [6.45, 7) is 6.33. The van der Waals surface area contributed by atoms with Gasteiger partial charge in [-0.1, -0.05) is 52.9 Å². The van der Waals surface area contributed by atoms with Crippen molar-refractivity contribution in [1.29, 1.82) is 0 Å². The lowest BCUT2D eigenvalue weighted by Crippen LogP contribution is -2.19. The van der Waals surface area contributed by atoms with Crippen LogP contribution in [0.5, 0.6) is 0 Å². The van der Waals surface area contributed by atoms with Crippen LogP contribution in [-0.4, -0.2) is 4.83 Å². The van der Waals surface area contributed by atoms with Crippen molar-refractivity contribution in [1.82, 2.24) is 0 Å². The van der Waals surface area contributed by atoms with Gasteiger partial charge in [-0.05, 0) is 93.2 Å². The number of hydrogen-bond acceptors (Lipinski definition) is 0. The third-order valence-corrected chi connectivity index (χ3v) is 7.53. The average Bonchev–Trinajstić information content (AvgIpc) is 2.69. The van der Waals surface area contributed by atoms with Gasteiger partial charge in [0.1, 0.15) is 0 Å². The zero-order valence-electron chi connectivity index (χ0n) is 16.2. The molecule has 0 aliphatic heterocycles. The summed E-state index contributed by atoms with van der Waals surface area (Å²) in [5.74, 6) is 9.83. The van der Waals surface area contributed by atoms with Gasteiger partial charge in [-0.25, -0.2) is 0 Å². The van der Waals surface area contributed by atoms with E-state index in [4.69, 9.17) is 0 Å². The van der Waals surface area contributed by atoms with Crippen LogP contribution in [0.3, 0.4) is 0 Å². The molecular formula is C25H33Br. The Balaban J connectivity index is 1.53. The highest BCUT2D eigenvalue weighted by atomic mass is 79.9. The van der Waals surface area contributed by atoms with Crippen molar-refractivity contribution in [3.05, 3.63) is 48.0 Å². The molecule has 1 heteroatoms. The van der Waals surface area contributed by atoms with E-state index in [9.17, 15) is 0 Å². The highest BCUT2D eigenvalue weighted by Gasteiger charge is 2.25. The SMILES string of the molecule is C=CC(CC)C1CCC(c2ccc(C#CC3CCC(Br)CC3)cc2)CC1. The van der Waals surface area contributed by atoms with Crippen molar-refractivity contribution in [3.63, 3.8) is 0 Å². The van der Waals surface area contributed by atoms with Crippen LogP contribution in [0.1, 0.15) is 81.8 Å². The fourth-order valence-corrected chi connectivity index (χ4v) is 5.32. The molecule has 2 saturated carbocycles. The van der Waals surface area contributed by atoms with E-state index in [0.717, 1.165) is 11.8 Å². The summed E-state index contributed by atoms with van der Waals surface area (Å²) in [5, 5.41) is 0. The number of hydrogen-bond donors (Lipinski definition) is 0. The van der Waals surface area contributed by atoms with Crippen molar-refractivity contribution < 1.29 is 0 Å². The second-order valence-corrected chi connectivity index (χ2v) is 9.55. The van der Waals surface area contributed by atoms with Crippen LogP contribution < -0.4 is 0 Å². The zero-order valence-corrected chi connectivity index (χ0v) is 17.8. The molecule has 0 bridgehead atoms. The maximum absolute atomic E-state index is 4.03. The first-order chi connectivity index (χ1) is 12.7. The van der Waals surface area contributed by atoms with E-state index >= 15 is 0 Å². The Morgan fingerprint density at radius 1 is 1.04 bits per heavy atom. The van der Waals surface area contributed by atoms with Crippen molar-refractivity contribution in [2.24, 2.45) is 17.8 Å². The molecular weight excluding hydrogens is 380 g/mol. The largest absolute Gasteiger partial charge is 0.103 e. The Morgan fingerprint density at radius 2 is 1.69 bits per heavy atom. The van der Waals surface area contributed by atoms with Gasteiger partial charge in [0.05, 0.1) is 0 Å². The molecule has 0 heterocycles. The minimum Gasteiger partial charge on any atom is -0.103 e. The summed E-state index contributed by atoms with van der Waals surface area (Å²) < 4.78 is 0. The normalized spacial score (nSPS) is 30.1. The molecule has 1 aromatic carbocycles. The van der Waals surface area contributed by atoms with Gasteiger partial charge in [-0.15, -0.1) is 6.58 Å².